The molecule has 1 atom stereocenters. The van der Waals surface area contributed by atoms with E-state index in [0.29, 0.717) is 24.4 Å². The van der Waals surface area contributed by atoms with E-state index in [4.69, 9.17) is 0 Å². The van der Waals surface area contributed by atoms with Gasteiger partial charge in [-0.25, -0.2) is 0 Å². The third-order valence-corrected chi connectivity index (χ3v) is 3.38. The Morgan fingerprint density at radius 3 is 2.60 bits per heavy atom. The summed E-state index contributed by atoms with van der Waals surface area (Å²) < 4.78 is 0. The summed E-state index contributed by atoms with van der Waals surface area (Å²) in [5.74, 6) is 0.120. The highest BCUT2D eigenvalue weighted by molar-refractivity contribution is 5.97. The zero-order valence-electron chi connectivity index (χ0n) is 11.7. The summed E-state index contributed by atoms with van der Waals surface area (Å²) in [4.78, 5) is 25.8. The van der Waals surface area contributed by atoms with Crippen molar-refractivity contribution in [3.05, 3.63) is 35.9 Å². The lowest BCUT2D eigenvalue weighted by Crippen LogP contribution is -2.51. The van der Waals surface area contributed by atoms with Crippen LogP contribution in [-0.2, 0) is 4.79 Å². The van der Waals surface area contributed by atoms with E-state index in [1.54, 1.807) is 12.1 Å². The van der Waals surface area contributed by atoms with E-state index in [0.717, 1.165) is 19.6 Å². The van der Waals surface area contributed by atoms with Crippen molar-refractivity contribution in [2.75, 3.05) is 19.6 Å². The quantitative estimate of drug-likeness (QED) is 0.863. The van der Waals surface area contributed by atoms with Crippen molar-refractivity contribution in [1.29, 1.82) is 0 Å². The molecule has 0 aliphatic carbocycles. The summed E-state index contributed by atoms with van der Waals surface area (Å²) >= 11 is 0. The third-order valence-electron chi connectivity index (χ3n) is 3.38. The zero-order valence-corrected chi connectivity index (χ0v) is 12.5. The molecule has 0 aromatic heterocycles. The van der Waals surface area contributed by atoms with Gasteiger partial charge in [0.05, 0.1) is 0 Å². The van der Waals surface area contributed by atoms with Gasteiger partial charge in [0.25, 0.3) is 0 Å². The van der Waals surface area contributed by atoms with Gasteiger partial charge in [-0.1, -0.05) is 30.3 Å². The van der Waals surface area contributed by atoms with Gasteiger partial charge in [-0.2, -0.15) is 0 Å². The summed E-state index contributed by atoms with van der Waals surface area (Å²) in [6.07, 6.45) is 0.599. The first kappa shape index (κ1) is 16.7. The van der Waals surface area contributed by atoms with E-state index in [2.05, 4.69) is 12.2 Å². The lowest BCUT2D eigenvalue weighted by Gasteiger charge is -2.31. The Kier molecular flexibility index (Phi) is 6.68. The van der Waals surface area contributed by atoms with Gasteiger partial charge in [0.15, 0.2) is 5.78 Å². The predicted molar refractivity (Wildman–Crippen MR) is 81.3 cm³/mol. The SMILES string of the molecule is CC1CN(C(=O)CCC(=O)c2ccccc2)CCN1.Cl. The lowest BCUT2D eigenvalue weighted by atomic mass is 10.1. The Morgan fingerprint density at radius 2 is 1.95 bits per heavy atom. The Balaban J connectivity index is 0.00000200. The van der Waals surface area contributed by atoms with Crippen molar-refractivity contribution in [2.24, 2.45) is 0 Å². The maximum atomic E-state index is 12.0. The van der Waals surface area contributed by atoms with Gasteiger partial charge < -0.3 is 10.2 Å². The van der Waals surface area contributed by atoms with Crippen LogP contribution >= 0.6 is 12.4 Å². The number of benzene rings is 1. The number of halogens is 1. The maximum absolute atomic E-state index is 12.0. The van der Waals surface area contributed by atoms with Gasteiger partial charge in [-0.3, -0.25) is 9.59 Å². The molecule has 1 amide bonds. The van der Waals surface area contributed by atoms with E-state index >= 15 is 0 Å². The van der Waals surface area contributed by atoms with Crippen LogP contribution in [0.15, 0.2) is 30.3 Å². The van der Waals surface area contributed by atoms with Crippen LogP contribution in [0.1, 0.15) is 30.1 Å². The van der Waals surface area contributed by atoms with E-state index in [1.807, 2.05) is 23.1 Å². The lowest BCUT2D eigenvalue weighted by molar-refractivity contribution is -0.132. The number of amides is 1. The number of ketones is 1. The predicted octanol–water partition coefficient (Wildman–Crippen LogP) is 1.89. The van der Waals surface area contributed by atoms with Gasteiger partial charge in [0.1, 0.15) is 0 Å². The highest BCUT2D eigenvalue weighted by Gasteiger charge is 2.20. The molecule has 110 valence electrons. The number of hydrogen-bond donors (Lipinski definition) is 1. The highest BCUT2D eigenvalue weighted by Crippen LogP contribution is 2.08. The minimum atomic E-state index is 0. The normalized spacial score (nSPS) is 18.2. The molecule has 4 nitrogen and oxygen atoms in total. The maximum Gasteiger partial charge on any atom is 0.223 e. The number of rotatable bonds is 4. The molecule has 1 aromatic carbocycles. The van der Waals surface area contributed by atoms with Crippen LogP contribution in [0.2, 0.25) is 0 Å². The Labute approximate surface area is 125 Å². The molecular weight excluding hydrogens is 276 g/mol. The molecule has 1 heterocycles. The molecule has 0 radical (unpaired) electrons. The number of hydrogen-bond acceptors (Lipinski definition) is 3. The Morgan fingerprint density at radius 1 is 1.25 bits per heavy atom. The van der Waals surface area contributed by atoms with Crippen LogP contribution in [0.4, 0.5) is 0 Å². The molecule has 1 fully saturated rings. The van der Waals surface area contributed by atoms with E-state index in [9.17, 15) is 9.59 Å². The summed E-state index contributed by atoms with van der Waals surface area (Å²) in [5.41, 5.74) is 0.684. The molecule has 1 aliphatic rings. The van der Waals surface area contributed by atoms with Crippen molar-refractivity contribution in [1.82, 2.24) is 10.2 Å². The molecular formula is C15H21ClN2O2. The standard InChI is InChI=1S/C15H20N2O2.ClH/c1-12-11-17(10-9-16-12)15(19)8-7-14(18)13-5-3-2-4-6-13;/h2-6,12,16H,7-11H2,1H3;1H. The fourth-order valence-corrected chi connectivity index (χ4v) is 2.31. The second kappa shape index (κ2) is 8.02. The number of carbonyl (C=O) groups excluding carboxylic acids is 2. The molecule has 1 saturated heterocycles. The molecule has 5 heteroatoms. The van der Waals surface area contributed by atoms with E-state index < -0.39 is 0 Å². The molecule has 20 heavy (non-hydrogen) atoms. The molecule has 0 spiro atoms. The van der Waals surface area contributed by atoms with Crippen molar-refractivity contribution >= 4 is 24.1 Å². The highest BCUT2D eigenvalue weighted by atomic mass is 35.5. The minimum absolute atomic E-state index is 0. The first-order valence-electron chi connectivity index (χ1n) is 6.76. The van der Waals surface area contributed by atoms with Gasteiger partial charge in [-0.15, -0.1) is 12.4 Å². The van der Waals surface area contributed by atoms with Crippen molar-refractivity contribution < 1.29 is 9.59 Å². The fourth-order valence-electron chi connectivity index (χ4n) is 2.31. The topological polar surface area (TPSA) is 49.4 Å². The van der Waals surface area contributed by atoms with E-state index in [1.165, 1.54) is 0 Å². The van der Waals surface area contributed by atoms with Crippen LogP contribution < -0.4 is 5.32 Å². The number of piperazine rings is 1. The van der Waals surface area contributed by atoms with Crippen LogP contribution in [0.3, 0.4) is 0 Å². The number of Topliss-reactive ketones (excluding diaryl/α,β-unsaturated/α-hetero) is 1. The van der Waals surface area contributed by atoms with Gasteiger partial charge in [0, 0.05) is 44.1 Å². The molecule has 1 aromatic rings. The second-order valence-corrected chi connectivity index (χ2v) is 4.98. The van der Waals surface area contributed by atoms with Gasteiger partial charge in [-0.05, 0) is 6.92 Å². The Hall–Kier alpha value is -1.39. The zero-order chi connectivity index (χ0) is 13.7. The summed E-state index contributed by atoms with van der Waals surface area (Å²) in [6, 6.07) is 9.48. The molecule has 2 rings (SSSR count). The minimum Gasteiger partial charge on any atom is -0.340 e. The first-order chi connectivity index (χ1) is 9.16. The molecule has 0 bridgehead atoms. The molecule has 0 saturated carbocycles. The van der Waals surface area contributed by atoms with E-state index in [-0.39, 0.29) is 24.1 Å². The van der Waals surface area contributed by atoms with Gasteiger partial charge in [0.2, 0.25) is 5.91 Å². The van der Waals surface area contributed by atoms with Crippen molar-refractivity contribution in [2.45, 2.75) is 25.8 Å². The van der Waals surface area contributed by atoms with Crippen LogP contribution in [0.25, 0.3) is 0 Å². The summed E-state index contributed by atoms with van der Waals surface area (Å²) in [7, 11) is 0. The fraction of sp³-hybridized carbons (Fsp3) is 0.467. The van der Waals surface area contributed by atoms with Crippen LogP contribution in [-0.4, -0.2) is 42.3 Å². The average Bonchev–Trinajstić information content (AvgIpc) is 2.45. The summed E-state index contributed by atoms with van der Waals surface area (Å²) in [5, 5.41) is 3.30. The molecule has 1 aliphatic heterocycles. The van der Waals surface area contributed by atoms with Gasteiger partial charge >= 0.3 is 0 Å². The second-order valence-electron chi connectivity index (χ2n) is 4.98. The molecule has 1 N–H and O–H groups in total. The van der Waals surface area contributed by atoms with Crippen LogP contribution in [0.5, 0.6) is 0 Å². The number of nitrogens with zero attached hydrogens (tertiary/aromatic N) is 1. The van der Waals surface area contributed by atoms with Crippen LogP contribution in [0, 0.1) is 0 Å². The monoisotopic (exact) mass is 296 g/mol. The first-order valence-corrected chi connectivity index (χ1v) is 6.76. The smallest absolute Gasteiger partial charge is 0.223 e. The number of nitrogens with one attached hydrogen (secondary N) is 1. The largest absolute Gasteiger partial charge is 0.340 e. The Bertz CT molecular complexity index is 450. The summed E-state index contributed by atoms with van der Waals surface area (Å²) in [6.45, 7) is 4.37. The number of carbonyl (C=O) groups is 2. The van der Waals surface area contributed by atoms with Crippen molar-refractivity contribution in [3.63, 3.8) is 0 Å². The molecule has 1 unspecified atom stereocenters. The average molecular weight is 297 g/mol. The van der Waals surface area contributed by atoms with Crippen molar-refractivity contribution in [3.8, 4) is 0 Å². The third kappa shape index (κ3) is 4.62.